The van der Waals surface area contributed by atoms with Crippen LogP contribution in [0.25, 0.3) is 0 Å². The van der Waals surface area contributed by atoms with Crippen molar-refractivity contribution in [3.8, 4) is 0 Å². The summed E-state index contributed by atoms with van der Waals surface area (Å²) >= 11 is 0. The van der Waals surface area contributed by atoms with Gasteiger partial charge in [0.2, 0.25) is 5.91 Å². The van der Waals surface area contributed by atoms with E-state index in [4.69, 9.17) is 5.84 Å². The molecule has 1 rings (SSSR count). The van der Waals surface area contributed by atoms with Crippen LogP contribution in [-0.2, 0) is 17.6 Å². The van der Waals surface area contributed by atoms with Gasteiger partial charge in [0, 0.05) is 13.5 Å². The third-order valence-corrected chi connectivity index (χ3v) is 2.81. The van der Waals surface area contributed by atoms with E-state index >= 15 is 0 Å². The second-order valence-corrected chi connectivity index (χ2v) is 4.42. The Bertz CT molecular complexity index is 344. The molecule has 0 spiro atoms. The van der Waals surface area contributed by atoms with Crippen molar-refractivity contribution in [2.45, 2.75) is 39.0 Å². The molecule has 1 amide bonds. The van der Waals surface area contributed by atoms with Crippen molar-refractivity contribution in [1.29, 1.82) is 0 Å². The van der Waals surface area contributed by atoms with Gasteiger partial charge in [-0.25, -0.2) is 5.84 Å². The van der Waals surface area contributed by atoms with E-state index in [1.165, 1.54) is 17.5 Å². The van der Waals surface area contributed by atoms with E-state index in [-0.39, 0.29) is 5.91 Å². The highest BCUT2D eigenvalue weighted by Gasteiger charge is 2.03. The van der Waals surface area contributed by atoms with Crippen LogP contribution in [0.1, 0.15) is 37.3 Å². The van der Waals surface area contributed by atoms with E-state index in [9.17, 15) is 4.79 Å². The Labute approximate surface area is 104 Å². The summed E-state index contributed by atoms with van der Waals surface area (Å²) in [6.07, 6.45) is 4.62. The van der Waals surface area contributed by atoms with Crippen molar-refractivity contribution in [2.75, 3.05) is 7.05 Å². The summed E-state index contributed by atoms with van der Waals surface area (Å²) in [5, 5.41) is 1.16. The number of amides is 1. The van der Waals surface area contributed by atoms with Crippen LogP contribution in [0.4, 0.5) is 0 Å². The summed E-state index contributed by atoms with van der Waals surface area (Å²) in [4.78, 5) is 11.3. The van der Waals surface area contributed by atoms with E-state index in [1.54, 1.807) is 7.05 Å². The molecule has 2 N–H and O–H groups in total. The first-order valence-corrected chi connectivity index (χ1v) is 6.22. The summed E-state index contributed by atoms with van der Waals surface area (Å²) in [6.45, 7) is 2.18. The first kappa shape index (κ1) is 13.7. The average Bonchev–Trinajstić information content (AvgIpc) is 2.31. The summed E-state index contributed by atoms with van der Waals surface area (Å²) in [5.74, 6) is 5.35. The van der Waals surface area contributed by atoms with Gasteiger partial charge in [-0.2, -0.15) is 0 Å². The zero-order valence-corrected chi connectivity index (χ0v) is 10.8. The first-order chi connectivity index (χ1) is 8.13. The van der Waals surface area contributed by atoms with Gasteiger partial charge in [0.25, 0.3) is 0 Å². The highest BCUT2D eigenvalue weighted by atomic mass is 16.2. The minimum atomic E-state index is -0.00685. The lowest BCUT2D eigenvalue weighted by Crippen LogP contribution is -2.32. The van der Waals surface area contributed by atoms with Gasteiger partial charge in [0.1, 0.15) is 0 Å². The molecule has 3 nitrogen and oxygen atoms in total. The van der Waals surface area contributed by atoms with Crippen molar-refractivity contribution >= 4 is 5.91 Å². The molecule has 0 aliphatic heterocycles. The van der Waals surface area contributed by atoms with Crippen molar-refractivity contribution in [3.63, 3.8) is 0 Å². The van der Waals surface area contributed by atoms with E-state index in [0.29, 0.717) is 6.42 Å². The molecule has 1 aromatic rings. The molecule has 0 saturated carbocycles. The van der Waals surface area contributed by atoms with Crippen molar-refractivity contribution in [2.24, 2.45) is 5.84 Å². The number of hydrogen-bond acceptors (Lipinski definition) is 2. The lowest BCUT2D eigenvalue weighted by Gasteiger charge is -2.09. The normalized spacial score (nSPS) is 10.3. The Morgan fingerprint density at radius 1 is 1.18 bits per heavy atom. The maximum absolute atomic E-state index is 11.3. The fourth-order valence-corrected chi connectivity index (χ4v) is 1.78. The Morgan fingerprint density at radius 2 is 1.71 bits per heavy atom. The number of hydrogen-bond donors (Lipinski definition) is 1. The van der Waals surface area contributed by atoms with Crippen LogP contribution < -0.4 is 5.84 Å². The van der Waals surface area contributed by atoms with Gasteiger partial charge in [-0.1, -0.05) is 37.6 Å². The van der Waals surface area contributed by atoms with Crippen LogP contribution in [0.3, 0.4) is 0 Å². The quantitative estimate of drug-likeness (QED) is 0.466. The van der Waals surface area contributed by atoms with Gasteiger partial charge in [-0.3, -0.25) is 9.80 Å². The summed E-state index contributed by atoms with van der Waals surface area (Å²) in [6, 6.07) is 8.66. The monoisotopic (exact) mass is 234 g/mol. The molecule has 0 unspecified atom stereocenters. The second kappa shape index (κ2) is 7.07. The lowest BCUT2D eigenvalue weighted by molar-refractivity contribution is -0.130. The van der Waals surface area contributed by atoms with E-state index in [1.807, 2.05) is 0 Å². The van der Waals surface area contributed by atoms with E-state index < -0.39 is 0 Å². The third-order valence-electron chi connectivity index (χ3n) is 2.81. The van der Waals surface area contributed by atoms with Gasteiger partial charge in [-0.05, 0) is 30.4 Å². The molecule has 0 radical (unpaired) electrons. The van der Waals surface area contributed by atoms with Crippen LogP contribution in [0.15, 0.2) is 24.3 Å². The largest absolute Gasteiger partial charge is 0.284 e. The van der Waals surface area contributed by atoms with Gasteiger partial charge in [0.05, 0.1) is 0 Å². The number of nitrogens with two attached hydrogens (primary N) is 1. The molecule has 0 saturated heterocycles. The van der Waals surface area contributed by atoms with Gasteiger partial charge >= 0.3 is 0 Å². The van der Waals surface area contributed by atoms with Gasteiger partial charge < -0.3 is 0 Å². The molecule has 0 aliphatic rings. The average molecular weight is 234 g/mol. The molecule has 3 heteroatoms. The van der Waals surface area contributed by atoms with Crippen LogP contribution in [0.5, 0.6) is 0 Å². The number of carbonyl (C=O) groups excluding carboxylic acids is 1. The SMILES string of the molecule is CCCc1ccc(CCCC(=O)N(C)N)cc1. The molecule has 0 bridgehead atoms. The molecule has 0 aliphatic carbocycles. The van der Waals surface area contributed by atoms with Crippen LogP contribution >= 0.6 is 0 Å². The Balaban J connectivity index is 2.34. The van der Waals surface area contributed by atoms with Crippen LogP contribution in [-0.4, -0.2) is 18.0 Å². The molecule has 0 atom stereocenters. The number of carbonyl (C=O) groups is 1. The number of benzene rings is 1. The molecule has 94 valence electrons. The van der Waals surface area contributed by atoms with Crippen LogP contribution in [0.2, 0.25) is 0 Å². The molecule has 17 heavy (non-hydrogen) atoms. The molecule has 0 heterocycles. The van der Waals surface area contributed by atoms with Gasteiger partial charge in [-0.15, -0.1) is 0 Å². The van der Waals surface area contributed by atoms with E-state index in [0.717, 1.165) is 24.3 Å². The molecular formula is C14H22N2O. The highest BCUT2D eigenvalue weighted by Crippen LogP contribution is 2.09. The smallest absolute Gasteiger partial charge is 0.236 e. The second-order valence-electron chi connectivity index (χ2n) is 4.42. The lowest BCUT2D eigenvalue weighted by atomic mass is 10.0. The van der Waals surface area contributed by atoms with Crippen molar-refractivity contribution < 1.29 is 4.79 Å². The Hall–Kier alpha value is -1.35. The molecular weight excluding hydrogens is 212 g/mol. The molecule has 1 aromatic carbocycles. The number of aryl methyl sites for hydroxylation is 2. The van der Waals surface area contributed by atoms with Crippen molar-refractivity contribution in [3.05, 3.63) is 35.4 Å². The fourth-order valence-electron chi connectivity index (χ4n) is 1.78. The minimum Gasteiger partial charge on any atom is -0.284 e. The third kappa shape index (κ3) is 5.00. The number of nitrogens with zero attached hydrogens (tertiary/aromatic N) is 1. The molecule has 0 fully saturated rings. The first-order valence-electron chi connectivity index (χ1n) is 6.22. The zero-order chi connectivity index (χ0) is 12.7. The summed E-state index contributed by atoms with van der Waals surface area (Å²) < 4.78 is 0. The van der Waals surface area contributed by atoms with E-state index in [2.05, 4.69) is 31.2 Å². The van der Waals surface area contributed by atoms with Crippen molar-refractivity contribution in [1.82, 2.24) is 5.01 Å². The summed E-state index contributed by atoms with van der Waals surface area (Å²) in [7, 11) is 1.59. The predicted octanol–water partition coefficient (Wildman–Crippen LogP) is 2.29. The topological polar surface area (TPSA) is 46.3 Å². The fraction of sp³-hybridized carbons (Fsp3) is 0.500. The maximum atomic E-state index is 11.3. The number of hydrazine groups is 1. The number of rotatable bonds is 6. The standard InChI is InChI=1S/C14H22N2O/c1-3-5-12-8-10-13(11-9-12)6-4-7-14(17)16(2)15/h8-11H,3-7,15H2,1-2H3. The molecule has 0 aromatic heterocycles. The van der Waals surface area contributed by atoms with Crippen LogP contribution in [0, 0.1) is 0 Å². The predicted molar refractivity (Wildman–Crippen MR) is 70.3 cm³/mol. The summed E-state index contributed by atoms with van der Waals surface area (Å²) in [5.41, 5.74) is 2.67. The van der Waals surface area contributed by atoms with Gasteiger partial charge in [0.15, 0.2) is 0 Å². The minimum absolute atomic E-state index is 0.00685. The highest BCUT2D eigenvalue weighted by molar-refractivity contribution is 5.75. The zero-order valence-electron chi connectivity index (χ0n) is 10.8. The Kier molecular flexibility index (Phi) is 5.70. The maximum Gasteiger partial charge on any atom is 0.236 e. The Morgan fingerprint density at radius 3 is 2.18 bits per heavy atom.